The van der Waals surface area contributed by atoms with Gasteiger partial charge in [-0.15, -0.1) is 0 Å². The number of rotatable bonds is 41. The van der Waals surface area contributed by atoms with E-state index in [1.807, 2.05) is 0 Å². The zero-order valence-electron chi connectivity index (χ0n) is 37.0. The van der Waals surface area contributed by atoms with Gasteiger partial charge in [0.1, 0.15) is 13.2 Å². The molecule has 0 aromatic rings. The monoisotopic (exact) mass is 765 g/mol. The van der Waals surface area contributed by atoms with Crippen molar-refractivity contribution in [1.82, 2.24) is 0 Å². The van der Waals surface area contributed by atoms with Crippen LogP contribution < -0.4 is 0 Å². The molecule has 6 nitrogen and oxygen atoms in total. The van der Waals surface area contributed by atoms with Crippen LogP contribution in [0.3, 0.4) is 0 Å². The van der Waals surface area contributed by atoms with Gasteiger partial charge < -0.3 is 14.2 Å². The van der Waals surface area contributed by atoms with Crippen LogP contribution in [0.15, 0.2) is 0 Å². The van der Waals surface area contributed by atoms with E-state index >= 15 is 0 Å². The Morgan fingerprint density at radius 1 is 0.370 bits per heavy atom. The first-order chi connectivity index (χ1) is 26.2. The summed E-state index contributed by atoms with van der Waals surface area (Å²) in [6.07, 6.45) is 36.6. The number of carbonyl (C=O) groups is 3. The zero-order chi connectivity index (χ0) is 39.9. The van der Waals surface area contributed by atoms with Crippen molar-refractivity contribution in [3.05, 3.63) is 0 Å². The molecule has 0 aromatic heterocycles. The van der Waals surface area contributed by atoms with E-state index in [1.165, 1.54) is 135 Å². The Bertz CT molecular complexity index is 841. The highest BCUT2D eigenvalue weighted by atomic mass is 16.6. The van der Waals surface area contributed by atoms with Crippen LogP contribution in [0.2, 0.25) is 0 Å². The maximum absolute atomic E-state index is 12.7. The Kier molecular flexibility index (Phi) is 38.5. The van der Waals surface area contributed by atoms with Crippen LogP contribution in [-0.2, 0) is 28.6 Å². The smallest absolute Gasteiger partial charge is 0.306 e. The predicted octanol–water partition coefficient (Wildman–Crippen LogP) is 14.8. The molecular weight excluding hydrogens is 673 g/mol. The Morgan fingerprint density at radius 2 is 0.648 bits per heavy atom. The van der Waals surface area contributed by atoms with Crippen molar-refractivity contribution in [2.45, 2.75) is 260 Å². The number of esters is 3. The van der Waals surface area contributed by atoms with Gasteiger partial charge in [-0.05, 0) is 37.0 Å². The van der Waals surface area contributed by atoms with Crippen LogP contribution in [0, 0.1) is 17.8 Å². The van der Waals surface area contributed by atoms with E-state index < -0.39 is 6.10 Å². The second kappa shape index (κ2) is 39.6. The molecule has 0 rings (SSSR count). The quantitative estimate of drug-likeness (QED) is 0.0350. The van der Waals surface area contributed by atoms with Gasteiger partial charge in [0, 0.05) is 19.3 Å². The average molecular weight is 765 g/mol. The highest BCUT2D eigenvalue weighted by Crippen LogP contribution is 2.18. The van der Waals surface area contributed by atoms with E-state index in [-0.39, 0.29) is 31.1 Å². The summed E-state index contributed by atoms with van der Waals surface area (Å²) in [5, 5.41) is 0. The van der Waals surface area contributed by atoms with Crippen molar-refractivity contribution >= 4 is 17.9 Å². The summed E-state index contributed by atoms with van der Waals surface area (Å²) in [5.41, 5.74) is 0. The fraction of sp³-hybridized carbons (Fsp3) is 0.938. The van der Waals surface area contributed by atoms with Crippen molar-refractivity contribution in [3.63, 3.8) is 0 Å². The highest BCUT2D eigenvalue weighted by Gasteiger charge is 2.19. The van der Waals surface area contributed by atoms with Gasteiger partial charge in [0.2, 0.25) is 0 Å². The predicted molar refractivity (Wildman–Crippen MR) is 229 cm³/mol. The molecule has 0 heterocycles. The fourth-order valence-electron chi connectivity index (χ4n) is 6.99. The first-order valence-electron chi connectivity index (χ1n) is 23.7. The molecule has 0 bridgehead atoms. The molecule has 54 heavy (non-hydrogen) atoms. The van der Waals surface area contributed by atoms with Crippen LogP contribution in [-0.4, -0.2) is 37.2 Å². The van der Waals surface area contributed by atoms with E-state index in [0.29, 0.717) is 19.3 Å². The molecule has 0 saturated heterocycles. The van der Waals surface area contributed by atoms with E-state index in [2.05, 4.69) is 41.5 Å². The Morgan fingerprint density at radius 3 is 0.963 bits per heavy atom. The lowest BCUT2D eigenvalue weighted by Gasteiger charge is -2.18. The molecule has 0 radical (unpaired) electrons. The molecule has 2 unspecified atom stereocenters. The van der Waals surface area contributed by atoms with Gasteiger partial charge in [0.05, 0.1) is 0 Å². The summed E-state index contributed by atoms with van der Waals surface area (Å²) in [5.74, 6) is 1.62. The molecule has 3 atom stereocenters. The van der Waals surface area contributed by atoms with Gasteiger partial charge in [-0.1, -0.05) is 215 Å². The van der Waals surface area contributed by atoms with Gasteiger partial charge in [-0.25, -0.2) is 0 Å². The number of carbonyl (C=O) groups excluding carboxylic acids is 3. The van der Waals surface area contributed by atoms with Crippen LogP contribution in [0.1, 0.15) is 253 Å². The van der Waals surface area contributed by atoms with Gasteiger partial charge >= 0.3 is 17.9 Å². The maximum atomic E-state index is 12.7. The average Bonchev–Trinajstić information content (AvgIpc) is 3.15. The van der Waals surface area contributed by atoms with Crippen molar-refractivity contribution in [2.24, 2.45) is 17.8 Å². The second-order valence-corrected chi connectivity index (χ2v) is 17.4. The topological polar surface area (TPSA) is 78.9 Å². The van der Waals surface area contributed by atoms with Crippen LogP contribution >= 0.6 is 0 Å². The molecule has 0 saturated carbocycles. The number of hydrogen-bond acceptors (Lipinski definition) is 6. The standard InChI is InChI=1S/C48H92O6/c1-7-43(5)35-29-23-17-13-9-10-14-18-25-31-37-46(49)52-40-45(54-48(51)39-33-27-21-20-24-30-36-44(6)8-2)41-53-47(50)38-32-26-19-15-11-12-16-22-28-34-42(3)4/h42-45H,7-41H2,1-6H3/t43?,44?,45-/m1/s1. The molecular formula is C48H92O6. The highest BCUT2D eigenvalue weighted by molar-refractivity contribution is 5.71. The maximum Gasteiger partial charge on any atom is 0.306 e. The van der Waals surface area contributed by atoms with E-state index in [9.17, 15) is 14.4 Å². The normalized spacial score (nSPS) is 13.2. The zero-order valence-corrected chi connectivity index (χ0v) is 37.0. The number of hydrogen-bond donors (Lipinski definition) is 0. The van der Waals surface area contributed by atoms with E-state index in [4.69, 9.17) is 14.2 Å². The Labute approximate surface area is 336 Å². The van der Waals surface area contributed by atoms with Crippen LogP contribution in [0.25, 0.3) is 0 Å². The van der Waals surface area contributed by atoms with Gasteiger partial charge in [0.25, 0.3) is 0 Å². The van der Waals surface area contributed by atoms with Crippen molar-refractivity contribution in [2.75, 3.05) is 13.2 Å². The molecule has 0 amide bonds. The Hall–Kier alpha value is -1.59. The van der Waals surface area contributed by atoms with E-state index in [0.717, 1.165) is 75.5 Å². The minimum atomic E-state index is -0.762. The lowest BCUT2D eigenvalue weighted by molar-refractivity contribution is -0.167. The lowest BCUT2D eigenvalue weighted by atomic mass is 9.99. The molecule has 0 aliphatic rings. The summed E-state index contributed by atoms with van der Waals surface area (Å²) in [4.78, 5) is 37.8. The molecule has 0 aliphatic carbocycles. The minimum absolute atomic E-state index is 0.0666. The lowest BCUT2D eigenvalue weighted by Crippen LogP contribution is -2.30. The number of ether oxygens (including phenoxy) is 3. The first-order valence-corrected chi connectivity index (χ1v) is 23.7. The van der Waals surface area contributed by atoms with Gasteiger partial charge in [-0.2, -0.15) is 0 Å². The molecule has 0 aliphatic heterocycles. The molecule has 0 spiro atoms. The first kappa shape index (κ1) is 52.4. The SMILES string of the molecule is CCC(C)CCCCCCCCCCCCC(=O)OC[C@H](COC(=O)CCCCCCCCCCCC(C)C)OC(=O)CCCCCCCCC(C)CC. The second-order valence-electron chi connectivity index (χ2n) is 17.4. The Balaban J connectivity index is 4.34. The molecule has 0 fully saturated rings. The van der Waals surface area contributed by atoms with Gasteiger partial charge in [0.15, 0.2) is 6.10 Å². The third-order valence-corrected chi connectivity index (χ3v) is 11.4. The summed E-state index contributed by atoms with van der Waals surface area (Å²) < 4.78 is 16.7. The minimum Gasteiger partial charge on any atom is -0.462 e. The van der Waals surface area contributed by atoms with Crippen molar-refractivity contribution < 1.29 is 28.6 Å². The summed E-state index contributed by atoms with van der Waals surface area (Å²) in [6.45, 7) is 13.7. The molecule has 320 valence electrons. The number of unbranched alkanes of at least 4 members (excludes halogenated alkanes) is 22. The largest absolute Gasteiger partial charge is 0.462 e. The van der Waals surface area contributed by atoms with Crippen LogP contribution in [0.5, 0.6) is 0 Å². The summed E-state index contributed by atoms with van der Waals surface area (Å²) >= 11 is 0. The summed E-state index contributed by atoms with van der Waals surface area (Å²) in [7, 11) is 0. The fourth-order valence-corrected chi connectivity index (χ4v) is 6.99. The van der Waals surface area contributed by atoms with Crippen molar-refractivity contribution in [1.29, 1.82) is 0 Å². The third-order valence-electron chi connectivity index (χ3n) is 11.4. The summed E-state index contributed by atoms with van der Waals surface area (Å²) in [6, 6.07) is 0. The third kappa shape index (κ3) is 38.7. The molecule has 0 N–H and O–H groups in total. The van der Waals surface area contributed by atoms with Crippen LogP contribution in [0.4, 0.5) is 0 Å². The van der Waals surface area contributed by atoms with Gasteiger partial charge in [-0.3, -0.25) is 14.4 Å². The van der Waals surface area contributed by atoms with E-state index in [1.54, 1.807) is 0 Å². The molecule has 6 heteroatoms. The molecule has 0 aromatic carbocycles. The van der Waals surface area contributed by atoms with Crippen molar-refractivity contribution in [3.8, 4) is 0 Å².